The standard InChI is InChI=1S/C18H19Cl2N3O/c1-12-3-2-8-23(11-12)18(24)16-7-5-14(10-21-16)22-17-9-13(19)4-6-15(17)20/h4-7,9-10,12,22H,2-3,8,11H2,1H3. The summed E-state index contributed by atoms with van der Waals surface area (Å²) in [5.41, 5.74) is 1.92. The molecule has 3 rings (SSSR count). The third kappa shape index (κ3) is 4.00. The van der Waals surface area contributed by atoms with Crippen LogP contribution in [0.2, 0.25) is 10.0 Å². The number of hydrogen-bond donors (Lipinski definition) is 1. The van der Waals surface area contributed by atoms with E-state index < -0.39 is 0 Å². The summed E-state index contributed by atoms with van der Waals surface area (Å²) in [5, 5.41) is 4.33. The lowest BCUT2D eigenvalue weighted by Crippen LogP contribution is -2.39. The van der Waals surface area contributed by atoms with Crippen LogP contribution in [0.1, 0.15) is 30.3 Å². The number of nitrogens with one attached hydrogen (secondary N) is 1. The summed E-state index contributed by atoms with van der Waals surface area (Å²) in [6, 6.07) is 8.77. The summed E-state index contributed by atoms with van der Waals surface area (Å²) in [6.07, 6.45) is 3.87. The lowest BCUT2D eigenvalue weighted by Gasteiger charge is -2.30. The molecule has 126 valence electrons. The van der Waals surface area contributed by atoms with Gasteiger partial charge in [-0.25, -0.2) is 4.98 Å². The SMILES string of the molecule is CC1CCCN(C(=O)c2ccc(Nc3cc(Cl)ccc3Cl)cn2)C1. The summed E-state index contributed by atoms with van der Waals surface area (Å²) in [7, 11) is 0. The predicted octanol–water partition coefficient (Wildman–Crippen LogP) is 5.00. The van der Waals surface area contributed by atoms with Crippen molar-refractivity contribution in [2.75, 3.05) is 18.4 Å². The van der Waals surface area contributed by atoms with Gasteiger partial charge in [0.25, 0.3) is 5.91 Å². The number of anilines is 2. The first-order valence-electron chi connectivity index (χ1n) is 8.00. The van der Waals surface area contributed by atoms with E-state index in [4.69, 9.17) is 23.2 Å². The summed E-state index contributed by atoms with van der Waals surface area (Å²) in [6.45, 7) is 3.79. The Hall–Kier alpha value is -1.78. The van der Waals surface area contributed by atoms with Crippen molar-refractivity contribution >= 4 is 40.5 Å². The van der Waals surface area contributed by atoms with Crippen molar-refractivity contribution in [1.82, 2.24) is 9.88 Å². The van der Waals surface area contributed by atoms with Crippen LogP contribution in [0.4, 0.5) is 11.4 Å². The molecule has 6 heteroatoms. The third-order valence-electron chi connectivity index (χ3n) is 4.13. The Balaban J connectivity index is 1.71. The molecule has 1 aromatic heterocycles. The van der Waals surface area contributed by atoms with Gasteiger partial charge in [-0.05, 0) is 49.1 Å². The lowest BCUT2D eigenvalue weighted by molar-refractivity contribution is 0.0677. The number of hydrogen-bond acceptors (Lipinski definition) is 3. The van der Waals surface area contributed by atoms with E-state index in [0.29, 0.717) is 27.3 Å². The topological polar surface area (TPSA) is 45.2 Å². The van der Waals surface area contributed by atoms with Gasteiger partial charge in [-0.2, -0.15) is 0 Å². The molecule has 1 unspecified atom stereocenters. The Morgan fingerprint density at radius 1 is 1.29 bits per heavy atom. The number of halogens is 2. The molecule has 0 bridgehead atoms. The number of piperidine rings is 1. The van der Waals surface area contributed by atoms with Crippen molar-refractivity contribution in [2.24, 2.45) is 5.92 Å². The minimum Gasteiger partial charge on any atom is -0.353 e. The van der Waals surface area contributed by atoms with E-state index in [1.54, 1.807) is 30.5 Å². The molecule has 1 N–H and O–H groups in total. The highest BCUT2D eigenvalue weighted by molar-refractivity contribution is 6.35. The van der Waals surface area contributed by atoms with E-state index in [1.807, 2.05) is 11.0 Å². The van der Waals surface area contributed by atoms with E-state index in [1.165, 1.54) is 6.42 Å². The lowest BCUT2D eigenvalue weighted by atomic mass is 10.00. The van der Waals surface area contributed by atoms with Gasteiger partial charge in [-0.15, -0.1) is 0 Å². The summed E-state index contributed by atoms with van der Waals surface area (Å²) in [4.78, 5) is 18.7. The molecule has 1 aliphatic rings. The zero-order valence-electron chi connectivity index (χ0n) is 13.4. The van der Waals surface area contributed by atoms with Gasteiger partial charge < -0.3 is 10.2 Å². The second-order valence-corrected chi connectivity index (χ2v) is 7.02. The Morgan fingerprint density at radius 2 is 2.12 bits per heavy atom. The number of benzene rings is 1. The monoisotopic (exact) mass is 363 g/mol. The van der Waals surface area contributed by atoms with Gasteiger partial charge in [0.05, 0.1) is 22.6 Å². The molecular formula is C18H19Cl2N3O. The largest absolute Gasteiger partial charge is 0.353 e. The van der Waals surface area contributed by atoms with Crippen LogP contribution in [-0.4, -0.2) is 28.9 Å². The molecule has 0 radical (unpaired) electrons. The predicted molar refractivity (Wildman–Crippen MR) is 98.3 cm³/mol. The highest BCUT2D eigenvalue weighted by Gasteiger charge is 2.22. The van der Waals surface area contributed by atoms with Crippen molar-refractivity contribution in [3.05, 3.63) is 52.3 Å². The molecule has 1 saturated heterocycles. The fourth-order valence-corrected chi connectivity index (χ4v) is 3.22. The molecular weight excluding hydrogens is 345 g/mol. The van der Waals surface area contributed by atoms with Crippen molar-refractivity contribution in [3.63, 3.8) is 0 Å². The van der Waals surface area contributed by atoms with Crippen LogP contribution in [0.25, 0.3) is 0 Å². The van der Waals surface area contributed by atoms with Crippen LogP contribution < -0.4 is 5.32 Å². The molecule has 1 atom stereocenters. The first-order chi connectivity index (χ1) is 11.5. The van der Waals surface area contributed by atoms with Gasteiger partial charge in [0, 0.05) is 18.1 Å². The normalized spacial score (nSPS) is 17.6. The molecule has 0 saturated carbocycles. The van der Waals surface area contributed by atoms with Crippen LogP contribution in [0.5, 0.6) is 0 Å². The summed E-state index contributed by atoms with van der Waals surface area (Å²) in [5.74, 6) is 0.544. The number of amides is 1. The maximum atomic E-state index is 12.5. The number of nitrogens with zero attached hydrogens (tertiary/aromatic N) is 2. The van der Waals surface area contributed by atoms with Crippen molar-refractivity contribution in [3.8, 4) is 0 Å². The van der Waals surface area contributed by atoms with Gasteiger partial charge in [-0.1, -0.05) is 30.1 Å². The Bertz CT molecular complexity index is 734. The zero-order valence-corrected chi connectivity index (χ0v) is 14.9. The molecule has 2 aromatic rings. The second-order valence-electron chi connectivity index (χ2n) is 6.18. The third-order valence-corrected chi connectivity index (χ3v) is 4.70. The molecule has 24 heavy (non-hydrogen) atoms. The molecule has 0 spiro atoms. The average molecular weight is 364 g/mol. The van der Waals surface area contributed by atoms with E-state index >= 15 is 0 Å². The fraction of sp³-hybridized carbons (Fsp3) is 0.333. The van der Waals surface area contributed by atoms with Crippen LogP contribution in [0, 0.1) is 5.92 Å². The van der Waals surface area contributed by atoms with E-state index in [9.17, 15) is 4.79 Å². The molecule has 1 aliphatic heterocycles. The Labute approximate surface area is 151 Å². The fourth-order valence-electron chi connectivity index (χ4n) is 2.88. The highest BCUT2D eigenvalue weighted by atomic mass is 35.5. The van der Waals surface area contributed by atoms with Crippen molar-refractivity contribution < 1.29 is 4.79 Å². The zero-order chi connectivity index (χ0) is 17.1. The number of rotatable bonds is 3. The van der Waals surface area contributed by atoms with Crippen LogP contribution in [0.3, 0.4) is 0 Å². The number of carbonyl (C=O) groups excluding carboxylic acids is 1. The maximum Gasteiger partial charge on any atom is 0.272 e. The van der Waals surface area contributed by atoms with E-state index in [0.717, 1.165) is 25.2 Å². The second kappa shape index (κ2) is 7.41. The molecule has 2 heterocycles. The maximum absolute atomic E-state index is 12.5. The van der Waals surface area contributed by atoms with Crippen LogP contribution in [-0.2, 0) is 0 Å². The number of pyridine rings is 1. The first kappa shape index (κ1) is 17.1. The van der Waals surface area contributed by atoms with Gasteiger partial charge in [-0.3, -0.25) is 4.79 Å². The summed E-state index contributed by atoms with van der Waals surface area (Å²) >= 11 is 12.1. The minimum absolute atomic E-state index is 0.00566. The summed E-state index contributed by atoms with van der Waals surface area (Å²) < 4.78 is 0. The first-order valence-corrected chi connectivity index (χ1v) is 8.76. The van der Waals surface area contributed by atoms with E-state index in [2.05, 4.69) is 17.2 Å². The molecule has 0 aliphatic carbocycles. The number of likely N-dealkylation sites (tertiary alicyclic amines) is 1. The molecule has 4 nitrogen and oxygen atoms in total. The highest BCUT2D eigenvalue weighted by Crippen LogP contribution is 2.28. The quantitative estimate of drug-likeness (QED) is 0.833. The van der Waals surface area contributed by atoms with Crippen molar-refractivity contribution in [1.29, 1.82) is 0 Å². The Morgan fingerprint density at radius 3 is 2.83 bits per heavy atom. The van der Waals surface area contributed by atoms with Gasteiger partial charge in [0.2, 0.25) is 0 Å². The van der Waals surface area contributed by atoms with Crippen molar-refractivity contribution in [2.45, 2.75) is 19.8 Å². The minimum atomic E-state index is -0.00566. The van der Waals surface area contributed by atoms with Gasteiger partial charge in [0.1, 0.15) is 5.69 Å². The Kier molecular flexibility index (Phi) is 5.27. The molecule has 1 fully saturated rings. The smallest absolute Gasteiger partial charge is 0.272 e. The van der Waals surface area contributed by atoms with Gasteiger partial charge >= 0.3 is 0 Å². The number of carbonyl (C=O) groups is 1. The number of aromatic nitrogens is 1. The molecule has 1 amide bonds. The van der Waals surface area contributed by atoms with E-state index in [-0.39, 0.29) is 5.91 Å². The molecule has 1 aromatic carbocycles. The van der Waals surface area contributed by atoms with Gasteiger partial charge in [0.15, 0.2) is 0 Å². The van der Waals surface area contributed by atoms with Crippen LogP contribution >= 0.6 is 23.2 Å². The average Bonchev–Trinajstić information content (AvgIpc) is 2.58. The van der Waals surface area contributed by atoms with Crippen LogP contribution in [0.15, 0.2) is 36.5 Å².